The van der Waals surface area contributed by atoms with Crippen molar-refractivity contribution in [3.05, 3.63) is 35.1 Å². The zero-order valence-corrected chi connectivity index (χ0v) is 11.8. The van der Waals surface area contributed by atoms with Gasteiger partial charge in [0.1, 0.15) is 6.33 Å². The molecule has 0 bridgehead atoms. The number of amides is 1. The van der Waals surface area contributed by atoms with Crippen molar-refractivity contribution in [3.63, 3.8) is 0 Å². The van der Waals surface area contributed by atoms with Gasteiger partial charge in [0.15, 0.2) is 5.16 Å². The molecule has 2 aromatic rings. The number of aromatic nitrogens is 3. The van der Waals surface area contributed by atoms with Crippen molar-refractivity contribution in [2.24, 2.45) is 0 Å². The molecule has 1 amide bonds. The number of aromatic amines is 1. The summed E-state index contributed by atoms with van der Waals surface area (Å²) in [6, 6.07) is 2.73. The second kappa shape index (κ2) is 6.35. The average molecular weight is 337 g/mol. The van der Waals surface area contributed by atoms with E-state index in [1.165, 1.54) is 6.33 Å². The number of anilines is 1. The molecule has 0 aliphatic carbocycles. The molecule has 1 aromatic heterocycles. The maximum atomic E-state index is 12.6. The molecule has 10 heteroatoms. The van der Waals surface area contributed by atoms with Gasteiger partial charge < -0.3 is 5.32 Å². The highest BCUT2D eigenvalue weighted by Gasteiger charge is 2.31. The van der Waals surface area contributed by atoms with Crippen molar-refractivity contribution in [2.75, 3.05) is 11.1 Å². The van der Waals surface area contributed by atoms with Gasteiger partial charge in [-0.25, -0.2) is 4.98 Å². The van der Waals surface area contributed by atoms with Crippen LogP contribution in [-0.2, 0) is 11.0 Å². The molecule has 112 valence electrons. The minimum absolute atomic E-state index is 0.0287. The molecule has 0 unspecified atom stereocenters. The summed E-state index contributed by atoms with van der Waals surface area (Å²) in [6.07, 6.45) is -3.22. The van der Waals surface area contributed by atoms with E-state index in [1.54, 1.807) is 0 Å². The summed E-state index contributed by atoms with van der Waals surface area (Å²) in [5, 5.41) is 8.94. The van der Waals surface area contributed by atoms with Gasteiger partial charge >= 0.3 is 6.18 Å². The maximum absolute atomic E-state index is 12.6. The average Bonchev–Trinajstić information content (AvgIpc) is 2.91. The minimum Gasteiger partial charge on any atom is -0.324 e. The first-order chi connectivity index (χ1) is 9.86. The fraction of sp³-hybridized carbons (Fsp3) is 0.182. The van der Waals surface area contributed by atoms with Crippen LogP contribution in [0.3, 0.4) is 0 Å². The minimum atomic E-state index is -4.50. The Labute approximate surface area is 126 Å². The van der Waals surface area contributed by atoms with Crippen LogP contribution in [0.25, 0.3) is 0 Å². The second-order valence-corrected chi connectivity index (χ2v) is 5.19. The molecule has 0 fully saturated rings. The van der Waals surface area contributed by atoms with Crippen molar-refractivity contribution in [3.8, 4) is 0 Å². The first-order valence-electron chi connectivity index (χ1n) is 5.51. The summed E-state index contributed by atoms with van der Waals surface area (Å²) in [5.41, 5.74) is -0.972. The van der Waals surface area contributed by atoms with E-state index >= 15 is 0 Å². The lowest BCUT2D eigenvalue weighted by atomic mass is 10.2. The SMILES string of the molecule is O=C(CSc1ncn[nH]1)Nc1cc(C(F)(F)F)ccc1Cl. The number of nitrogens with zero attached hydrogens (tertiary/aromatic N) is 2. The Balaban J connectivity index is 2.03. The van der Waals surface area contributed by atoms with Crippen LogP contribution in [-0.4, -0.2) is 26.8 Å². The van der Waals surface area contributed by atoms with Gasteiger partial charge in [0.2, 0.25) is 5.91 Å². The molecule has 0 saturated carbocycles. The smallest absolute Gasteiger partial charge is 0.324 e. The van der Waals surface area contributed by atoms with Crippen molar-refractivity contribution >= 4 is 35.0 Å². The fourth-order valence-electron chi connectivity index (χ4n) is 1.38. The van der Waals surface area contributed by atoms with E-state index < -0.39 is 17.6 Å². The lowest BCUT2D eigenvalue weighted by Crippen LogP contribution is -2.15. The van der Waals surface area contributed by atoms with Crippen molar-refractivity contribution in [1.29, 1.82) is 0 Å². The molecular weight excluding hydrogens is 329 g/mol. The topological polar surface area (TPSA) is 70.7 Å². The largest absolute Gasteiger partial charge is 0.416 e. The molecule has 5 nitrogen and oxygen atoms in total. The van der Waals surface area contributed by atoms with E-state index in [1.807, 2.05) is 0 Å². The lowest BCUT2D eigenvalue weighted by Gasteiger charge is -2.11. The molecule has 0 spiro atoms. The van der Waals surface area contributed by atoms with Gasteiger partial charge in [0.25, 0.3) is 0 Å². The first-order valence-corrected chi connectivity index (χ1v) is 6.87. The lowest BCUT2D eigenvalue weighted by molar-refractivity contribution is -0.137. The Morgan fingerprint density at radius 1 is 1.43 bits per heavy atom. The predicted molar refractivity (Wildman–Crippen MR) is 72.2 cm³/mol. The zero-order chi connectivity index (χ0) is 15.5. The Bertz CT molecular complexity index is 633. The van der Waals surface area contributed by atoms with E-state index in [4.69, 9.17) is 11.6 Å². The van der Waals surface area contributed by atoms with Crippen LogP contribution in [0.2, 0.25) is 5.02 Å². The van der Waals surface area contributed by atoms with Crippen LogP contribution in [0.4, 0.5) is 18.9 Å². The number of thioether (sulfide) groups is 1. The third-order valence-electron chi connectivity index (χ3n) is 2.30. The van der Waals surface area contributed by atoms with Crippen LogP contribution < -0.4 is 5.32 Å². The van der Waals surface area contributed by atoms with Crippen molar-refractivity contribution < 1.29 is 18.0 Å². The Hall–Kier alpha value is -1.74. The van der Waals surface area contributed by atoms with E-state index in [0.29, 0.717) is 5.16 Å². The molecule has 2 N–H and O–H groups in total. The van der Waals surface area contributed by atoms with Crippen LogP contribution in [0, 0.1) is 0 Å². The van der Waals surface area contributed by atoms with Crippen LogP contribution in [0.1, 0.15) is 5.56 Å². The summed E-state index contributed by atoms with van der Waals surface area (Å²) < 4.78 is 37.8. The van der Waals surface area contributed by atoms with Gasteiger partial charge in [-0.3, -0.25) is 9.89 Å². The molecular formula is C11H8ClF3N4OS. The van der Waals surface area contributed by atoms with Crippen LogP contribution in [0.5, 0.6) is 0 Å². The molecule has 1 heterocycles. The summed E-state index contributed by atoms with van der Waals surface area (Å²) in [7, 11) is 0. The Morgan fingerprint density at radius 2 is 2.19 bits per heavy atom. The van der Waals surface area contributed by atoms with Gasteiger partial charge in [-0.1, -0.05) is 23.4 Å². The number of benzene rings is 1. The van der Waals surface area contributed by atoms with E-state index in [2.05, 4.69) is 20.5 Å². The normalized spacial score (nSPS) is 11.4. The van der Waals surface area contributed by atoms with E-state index in [9.17, 15) is 18.0 Å². The number of hydrogen-bond donors (Lipinski definition) is 2. The van der Waals surface area contributed by atoms with Crippen LogP contribution in [0.15, 0.2) is 29.7 Å². The Kier molecular flexibility index (Phi) is 4.73. The first kappa shape index (κ1) is 15.6. The predicted octanol–water partition coefficient (Wildman–Crippen LogP) is 3.21. The third kappa shape index (κ3) is 4.36. The third-order valence-corrected chi connectivity index (χ3v) is 3.51. The number of rotatable bonds is 4. The summed E-state index contributed by atoms with van der Waals surface area (Å²) >= 11 is 6.84. The molecule has 0 atom stereocenters. The van der Waals surface area contributed by atoms with Gasteiger partial charge in [-0.15, -0.1) is 0 Å². The number of nitrogens with one attached hydrogen (secondary N) is 2. The number of carbonyl (C=O) groups excluding carboxylic acids is 1. The fourth-order valence-corrected chi connectivity index (χ4v) is 2.13. The summed E-state index contributed by atoms with van der Waals surface area (Å²) in [4.78, 5) is 15.5. The number of H-pyrrole nitrogens is 1. The summed E-state index contributed by atoms with van der Waals surface area (Å²) in [6.45, 7) is 0. The zero-order valence-electron chi connectivity index (χ0n) is 10.2. The highest BCUT2D eigenvalue weighted by Crippen LogP contribution is 2.33. The molecule has 0 radical (unpaired) electrons. The molecule has 1 aromatic carbocycles. The quantitative estimate of drug-likeness (QED) is 0.841. The molecule has 21 heavy (non-hydrogen) atoms. The Morgan fingerprint density at radius 3 is 2.81 bits per heavy atom. The monoisotopic (exact) mass is 336 g/mol. The van der Waals surface area contributed by atoms with Gasteiger partial charge in [0.05, 0.1) is 22.0 Å². The van der Waals surface area contributed by atoms with Crippen molar-refractivity contribution in [1.82, 2.24) is 15.2 Å². The van der Waals surface area contributed by atoms with Gasteiger partial charge in [-0.2, -0.15) is 18.3 Å². The van der Waals surface area contributed by atoms with E-state index in [0.717, 1.165) is 30.0 Å². The number of carbonyl (C=O) groups is 1. The number of hydrogen-bond acceptors (Lipinski definition) is 4. The molecule has 2 rings (SSSR count). The van der Waals surface area contributed by atoms with Gasteiger partial charge in [-0.05, 0) is 18.2 Å². The number of halogens is 4. The van der Waals surface area contributed by atoms with Crippen molar-refractivity contribution in [2.45, 2.75) is 11.3 Å². The van der Waals surface area contributed by atoms with Crippen LogP contribution >= 0.6 is 23.4 Å². The highest BCUT2D eigenvalue weighted by molar-refractivity contribution is 7.99. The standard InChI is InChI=1S/C11H8ClF3N4OS/c12-7-2-1-6(11(13,14)15)3-8(7)18-9(20)4-21-10-16-5-17-19-10/h1-3,5H,4H2,(H,18,20)(H,16,17,19). The second-order valence-electron chi connectivity index (χ2n) is 3.82. The van der Waals surface area contributed by atoms with Gasteiger partial charge in [0, 0.05) is 0 Å². The maximum Gasteiger partial charge on any atom is 0.416 e. The summed E-state index contributed by atoms with van der Waals surface area (Å²) in [5.74, 6) is -0.542. The highest BCUT2D eigenvalue weighted by atomic mass is 35.5. The number of alkyl halides is 3. The van der Waals surface area contributed by atoms with E-state index in [-0.39, 0.29) is 16.5 Å². The molecule has 0 saturated heterocycles. The molecule has 0 aliphatic heterocycles. The molecule has 0 aliphatic rings.